The highest BCUT2D eigenvalue weighted by molar-refractivity contribution is 6.67. The van der Waals surface area contributed by atoms with Crippen molar-refractivity contribution in [1.82, 2.24) is 25.8 Å². The Morgan fingerprint density at radius 1 is 1.05 bits per heavy atom. The van der Waals surface area contributed by atoms with Gasteiger partial charge in [-0.1, -0.05) is 45.0 Å². The van der Waals surface area contributed by atoms with Crippen molar-refractivity contribution in [2.75, 3.05) is 12.7 Å². The Balaban J connectivity index is 2.21. The first kappa shape index (κ1) is 32.7. The topological polar surface area (TPSA) is 187 Å². The molecule has 1 aromatic heterocycles. The molecule has 2 aromatic rings. The van der Waals surface area contributed by atoms with Crippen molar-refractivity contribution < 1.29 is 28.8 Å². The fraction of sp³-hybridized carbons (Fsp3) is 0.519. The zero-order valence-corrected chi connectivity index (χ0v) is 25.0. The predicted octanol–water partition coefficient (Wildman–Crippen LogP) is 1.07. The number of nitrogens with two attached hydrogens (primary N) is 1. The average Bonchev–Trinajstić information content (AvgIpc) is 2.84. The number of primary amides is 1. The third kappa shape index (κ3) is 9.88. The summed E-state index contributed by atoms with van der Waals surface area (Å²) in [7, 11) is -4.29. The van der Waals surface area contributed by atoms with Gasteiger partial charge in [-0.25, -0.2) is 9.78 Å². The van der Waals surface area contributed by atoms with E-state index >= 15 is 0 Å². The SMILES string of the molecule is CC[C@H](NC(=O)[C@H](CC(N)=O)NC(=O)c1ccc2ccccc2n1)[Si](O)(O)CN(CC(C)C)C(=O)NC(C)(C)C. The second-order valence-corrected chi connectivity index (χ2v) is 14.2. The Labute approximate surface area is 236 Å². The number of pyridine rings is 1. The van der Waals surface area contributed by atoms with Crippen molar-refractivity contribution >= 4 is 43.2 Å². The molecule has 1 heterocycles. The van der Waals surface area contributed by atoms with Crippen LogP contribution >= 0.6 is 0 Å². The lowest BCUT2D eigenvalue weighted by Gasteiger charge is -2.36. The first-order chi connectivity index (χ1) is 18.5. The molecule has 0 fully saturated rings. The number of aromatic nitrogens is 1. The maximum Gasteiger partial charge on any atom is 0.376 e. The van der Waals surface area contributed by atoms with Gasteiger partial charge in [0.05, 0.1) is 23.8 Å². The van der Waals surface area contributed by atoms with Gasteiger partial charge in [0.25, 0.3) is 5.91 Å². The number of nitrogens with one attached hydrogen (secondary N) is 3. The van der Waals surface area contributed by atoms with Gasteiger partial charge in [-0.2, -0.15) is 0 Å². The van der Waals surface area contributed by atoms with Crippen molar-refractivity contribution in [2.45, 2.75) is 71.6 Å². The Bertz CT molecular complexity index is 1220. The number of carbonyl (C=O) groups is 4. The quantitative estimate of drug-likeness (QED) is 0.205. The summed E-state index contributed by atoms with van der Waals surface area (Å²) in [5.74, 6) is -2.30. The molecule has 2 rings (SSSR count). The highest BCUT2D eigenvalue weighted by Gasteiger charge is 2.44. The van der Waals surface area contributed by atoms with Crippen LogP contribution in [0.15, 0.2) is 36.4 Å². The van der Waals surface area contributed by atoms with Crippen LogP contribution in [0.5, 0.6) is 0 Å². The average molecular weight is 575 g/mol. The van der Waals surface area contributed by atoms with Crippen LogP contribution in [0.3, 0.4) is 0 Å². The van der Waals surface area contributed by atoms with Crippen LogP contribution in [0.1, 0.15) is 64.9 Å². The lowest BCUT2D eigenvalue weighted by Crippen LogP contribution is -2.66. The zero-order valence-electron chi connectivity index (χ0n) is 24.0. The van der Waals surface area contributed by atoms with Crippen LogP contribution in [0.2, 0.25) is 0 Å². The molecule has 0 aliphatic rings. The van der Waals surface area contributed by atoms with Crippen LogP contribution in [0, 0.1) is 5.92 Å². The van der Waals surface area contributed by atoms with E-state index in [0.717, 1.165) is 5.39 Å². The number of amides is 5. The van der Waals surface area contributed by atoms with E-state index in [4.69, 9.17) is 5.73 Å². The molecule has 0 spiro atoms. The third-order valence-corrected chi connectivity index (χ3v) is 8.44. The van der Waals surface area contributed by atoms with Crippen molar-refractivity contribution in [3.8, 4) is 0 Å². The van der Waals surface area contributed by atoms with E-state index in [9.17, 15) is 28.8 Å². The van der Waals surface area contributed by atoms with Gasteiger partial charge in [-0.15, -0.1) is 0 Å². The molecular weight excluding hydrogens is 532 g/mol. The number of rotatable bonds is 12. The zero-order chi connectivity index (χ0) is 30.3. The summed E-state index contributed by atoms with van der Waals surface area (Å²) < 4.78 is 0. The second kappa shape index (κ2) is 13.7. The van der Waals surface area contributed by atoms with Gasteiger partial charge < -0.3 is 36.2 Å². The molecule has 0 saturated heterocycles. The molecule has 0 unspecified atom stereocenters. The molecule has 0 radical (unpaired) electrons. The predicted molar refractivity (Wildman–Crippen MR) is 154 cm³/mol. The van der Waals surface area contributed by atoms with E-state index in [1.54, 1.807) is 25.1 Å². The highest BCUT2D eigenvalue weighted by Crippen LogP contribution is 2.14. The Kier molecular flexibility index (Phi) is 11.2. The maximum absolute atomic E-state index is 13.2. The molecule has 13 heteroatoms. The molecule has 12 nitrogen and oxygen atoms in total. The van der Waals surface area contributed by atoms with Crippen LogP contribution in [-0.4, -0.2) is 81.7 Å². The summed E-state index contributed by atoms with van der Waals surface area (Å²) >= 11 is 0. The standard InChI is InChI=1S/C27H42N6O6Si/c1-7-23(40(38,39)16-33(15-17(2)3)26(37)32-27(4,5)6)31-25(36)21(14-22(28)34)30-24(35)20-13-12-18-10-8-9-11-19(18)29-20/h8-13,17,21,23,38-39H,7,14-16H2,1-6H3,(H2,28,34)(H,30,35)(H,31,36)(H,32,37)/t21-,23+/m0/s1. The Hall–Kier alpha value is -3.55. The Morgan fingerprint density at radius 2 is 1.70 bits per heavy atom. The monoisotopic (exact) mass is 574 g/mol. The summed E-state index contributed by atoms with van der Waals surface area (Å²) in [6.07, 6.45) is -0.745. The van der Waals surface area contributed by atoms with E-state index in [1.165, 1.54) is 11.0 Å². The van der Waals surface area contributed by atoms with E-state index in [2.05, 4.69) is 20.9 Å². The molecule has 40 heavy (non-hydrogen) atoms. The highest BCUT2D eigenvalue weighted by atomic mass is 28.4. The van der Waals surface area contributed by atoms with Gasteiger partial charge in [-0.3, -0.25) is 14.4 Å². The normalized spacial score (nSPS) is 13.4. The fourth-order valence-corrected chi connectivity index (χ4v) is 6.19. The number of benzene rings is 1. The smallest absolute Gasteiger partial charge is 0.376 e. The number of nitrogens with zero attached hydrogens (tertiary/aromatic N) is 2. The van der Waals surface area contributed by atoms with Crippen LogP contribution in [-0.2, 0) is 9.59 Å². The molecule has 0 bridgehead atoms. The summed E-state index contributed by atoms with van der Waals surface area (Å²) in [6, 6.07) is 8.57. The lowest BCUT2D eigenvalue weighted by atomic mass is 10.1. The first-order valence-electron chi connectivity index (χ1n) is 13.3. The molecule has 7 N–H and O–H groups in total. The van der Waals surface area contributed by atoms with E-state index in [-0.39, 0.29) is 30.7 Å². The van der Waals surface area contributed by atoms with Gasteiger partial charge in [0.15, 0.2) is 0 Å². The Morgan fingerprint density at radius 3 is 2.27 bits per heavy atom. The first-order valence-corrected chi connectivity index (χ1v) is 15.5. The number of hydrogen-bond donors (Lipinski definition) is 6. The van der Waals surface area contributed by atoms with Crippen molar-refractivity contribution in [2.24, 2.45) is 11.7 Å². The van der Waals surface area contributed by atoms with Crippen molar-refractivity contribution in [3.63, 3.8) is 0 Å². The van der Waals surface area contributed by atoms with Gasteiger partial charge >= 0.3 is 14.6 Å². The molecule has 5 amide bonds. The minimum Gasteiger partial charge on any atom is -0.409 e. The number of fused-ring (bicyclic) bond motifs is 1. The lowest BCUT2D eigenvalue weighted by molar-refractivity contribution is -0.127. The number of para-hydroxylation sites is 1. The molecule has 0 saturated carbocycles. The van der Waals surface area contributed by atoms with E-state index in [1.807, 2.05) is 46.8 Å². The fourth-order valence-electron chi connectivity index (χ4n) is 4.10. The van der Waals surface area contributed by atoms with E-state index < -0.39 is 56.0 Å². The van der Waals surface area contributed by atoms with Crippen LogP contribution < -0.4 is 21.7 Å². The molecule has 0 aliphatic carbocycles. The number of carbonyl (C=O) groups excluding carboxylic acids is 4. The summed E-state index contributed by atoms with van der Waals surface area (Å²) in [6.45, 7) is 11.2. The molecular formula is C27H42N6O6Si. The van der Waals surface area contributed by atoms with Crippen LogP contribution in [0.25, 0.3) is 10.9 Å². The van der Waals surface area contributed by atoms with Gasteiger partial charge in [0.1, 0.15) is 11.7 Å². The van der Waals surface area contributed by atoms with Gasteiger partial charge in [0, 0.05) is 17.5 Å². The summed E-state index contributed by atoms with van der Waals surface area (Å²) in [5.41, 5.74) is 4.30. The number of hydrogen-bond acceptors (Lipinski definition) is 7. The largest absolute Gasteiger partial charge is 0.409 e. The molecule has 220 valence electrons. The van der Waals surface area contributed by atoms with Crippen LogP contribution in [0.4, 0.5) is 4.79 Å². The minimum atomic E-state index is -4.29. The van der Waals surface area contributed by atoms with Gasteiger partial charge in [0.2, 0.25) is 11.8 Å². The van der Waals surface area contributed by atoms with Gasteiger partial charge in [-0.05, 0) is 45.2 Å². The van der Waals surface area contributed by atoms with Crippen molar-refractivity contribution in [1.29, 1.82) is 0 Å². The molecule has 0 aliphatic heterocycles. The minimum absolute atomic E-state index is 0.0373. The summed E-state index contributed by atoms with van der Waals surface area (Å²) in [5, 5.41) is 8.70. The maximum atomic E-state index is 13.2. The summed E-state index contributed by atoms with van der Waals surface area (Å²) in [4.78, 5) is 78.7. The molecule has 1 aromatic carbocycles. The second-order valence-electron chi connectivity index (χ2n) is 11.4. The van der Waals surface area contributed by atoms with E-state index in [0.29, 0.717) is 5.52 Å². The molecule has 2 atom stereocenters. The number of urea groups is 1. The van der Waals surface area contributed by atoms with Crippen molar-refractivity contribution in [3.05, 3.63) is 42.1 Å². The third-order valence-electron chi connectivity index (χ3n) is 5.92.